The number of carbonyl (C=O) groups is 2. The molecule has 2 amide bonds. The molecule has 0 spiro atoms. The number of rotatable bonds is 8. The Morgan fingerprint density at radius 3 is 1.97 bits per heavy atom. The molecular formula is C23H24N8O6. The Morgan fingerprint density at radius 2 is 1.41 bits per heavy atom. The highest BCUT2D eigenvalue weighted by molar-refractivity contribution is 5.97. The van der Waals surface area contributed by atoms with Crippen LogP contribution in [0, 0.1) is 0 Å². The van der Waals surface area contributed by atoms with Gasteiger partial charge in [-0.25, -0.2) is 21.8 Å². The lowest BCUT2D eigenvalue weighted by atomic mass is 10.1. The number of carbonyl (C=O) groups excluding carboxylic acids is 2. The zero-order valence-corrected chi connectivity index (χ0v) is 19.1. The number of amides is 2. The summed E-state index contributed by atoms with van der Waals surface area (Å²) < 4.78 is 0. The molecule has 0 aliphatic rings. The van der Waals surface area contributed by atoms with E-state index in [-0.39, 0.29) is 28.3 Å². The minimum absolute atomic E-state index is 0.114. The first-order chi connectivity index (χ1) is 17.6. The monoisotopic (exact) mass is 508 g/mol. The fourth-order valence-electron chi connectivity index (χ4n) is 3.09. The van der Waals surface area contributed by atoms with E-state index in [0.717, 1.165) is 5.01 Å². The number of nitrogens with one attached hydrogen (secondary N) is 3. The largest absolute Gasteiger partial charge is 0.507 e. The van der Waals surface area contributed by atoms with E-state index in [2.05, 4.69) is 10.3 Å². The van der Waals surface area contributed by atoms with Crippen molar-refractivity contribution in [2.75, 3.05) is 10.3 Å². The quantitative estimate of drug-likeness (QED) is 0.115. The second-order valence-corrected chi connectivity index (χ2v) is 7.46. The maximum atomic E-state index is 11.5. The molecule has 0 aliphatic heterocycles. The highest BCUT2D eigenvalue weighted by atomic mass is 16.5. The van der Waals surface area contributed by atoms with Crippen LogP contribution in [0.3, 0.4) is 0 Å². The fraction of sp³-hybridized carbons (Fsp3) is 0. The van der Waals surface area contributed by atoms with E-state index >= 15 is 0 Å². The van der Waals surface area contributed by atoms with Gasteiger partial charge in [0.1, 0.15) is 11.5 Å². The average molecular weight is 508 g/mol. The molecule has 192 valence electrons. The Morgan fingerprint density at radius 1 is 0.838 bits per heavy atom. The predicted molar refractivity (Wildman–Crippen MR) is 134 cm³/mol. The molecule has 0 saturated heterocycles. The third kappa shape index (κ3) is 6.23. The number of phenols is 2. The summed E-state index contributed by atoms with van der Waals surface area (Å²) in [5.41, 5.74) is 16.6. The lowest BCUT2D eigenvalue weighted by Crippen LogP contribution is -2.26. The molecule has 3 aromatic rings. The van der Waals surface area contributed by atoms with Gasteiger partial charge in [0, 0.05) is 30.2 Å². The fourth-order valence-corrected chi connectivity index (χ4v) is 3.09. The maximum Gasteiger partial charge on any atom is 0.278 e. The van der Waals surface area contributed by atoms with Crippen molar-refractivity contribution in [1.29, 1.82) is 0 Å². The number of phenolic OH excluding ortho intramolecular Hbond substituents is 2. The van der Waals surface area contributed by atoms with Crippen LogP contribution < -0.4 is 38.6 Å². The number of pyridine rings is 1. The molecule has 3 rings (SSSR count). The maximum absolute atomic E-state index is 11.5. The molecule has 0 aliphatic carbocycles. The molecule has 0 atom stereocenters. The van der Waals surface area contributed by atoms with Gasteiger partial charge < -0.3 is 27.0 Å². The van der Waals surface area contributed by atoms with Gasteiger partial charge in [-0.3, -0.25) is 25.0 Å². The number of nitrogens with two attached hydrogens (primary N) is 3. The lowest BCUT2D eigenvalue weighted by molar-refractivity contribution is 0.0699. The second-order valence-electron chi connectivity index (χ2n) is 7.46. The second kappa shape index (κ2) is 11.4. The Balaban J connectivity index is 1.76. The van der Waals surface area contributed by atoms with Gasteiger partial charge >= 0.3 is 0 Å². The lowest BCUT2D eigenvalue weighted by Gasteiger charge is -2.16. The summed E-state index contributed by atoms with van der Waals surface area (Å²) in [5, 5.41) is 41.3. The van der Waals surface area contributed by atoms with Crippen molar-refractivity contribution < 1.29 is 30.2 Å². The van der Waals surface area contributed by atoms with Crippen molar-refractivity contribution in [3.8, 4) is 11.5 Å². The van der Waals surface area contributed by atoms with E-state index < -0.39 is 17.6 Å². The first-order valence-corrected chi connectivity index (χ1v) is 10.4. The number of hydroxylamine groups is 2. The van der Waals surface area contributed by atoms with Crippen molar-refractivity contribution in [2.24, 2.45) is 17.3 Å². The van der Waals surface area contributed by atoms with Crippen LogP contribution >= 0.6 is 0 Å². The van der Waals surface area contributed by atoms with E-state index in [9.17, 15) is 19.8 Å². The van der Waals surface area contributed by atoms with Gasteiger partial charge in [-0.1, -0.05) is 6.07 Å². The van der Waals surface area contributed by atoms with E-state index in [1.807, 2.05) is 0 Å². The molecule has 14 nitrogen and oxygen atoms in total. The summed E-state index contributed by atoms with van der Waals surface area (Å²) >= 11 is 0. The number of hydrogen-bond donors (Lipinski definition) is 10. The molecule has 37 heavy (non-hydrogen) atoms. The number of benzene rings is 2. The Bertz CT molecular complexity index is 1390. The number of aromatic nitrogens is 1. The van der Waals surface area contributed by atoms with Crippen LogP contribution in [0.15, 0.2) is 67.0 Å². The summed E-state index contributed by atoms with van der Waals surface area (Å²) in [7, 11) is 0. The first kappa shape index (κ1) is 26.3. The molecule has 13 N–H and O–H groups in total. The number of anilines is 2. The summed E-state index contributed by atoms with van der Waals surface area (Å²) in [4.78, 5) is 27.3. The number of nitrogens with zero attached hydrogens (tertiary/aromatic N) is 2. The van der Waals surface area contributed by atoms with Gasteiger partial charge in [0.15, 0.2) is 0 Å². The van der Waals surface area contributed by atoms with Crippen molar-refractivity contribution >= 4 is 34.6 Å². The SMILES string of the molecule is N/C(=C\Nc1ccc(C(=O)NO)c(O)c1)c1cccc(/C(N)=C/N(N)c2ccc(C(=O)NO)c(O)c2)n1. The third-order valence-corrected chi connectivity index (χ3v) is 4.98. The van der Waals surface area contributed by atoms with Crippen molar-refractivity contribution in [3.05, 3.63) is 89.5 Å². The van der Waals surface area contributed by atoms with Gasteiger partial charge in [0.25, 0.3) is 11.8 Å². The predicted octanol–water partition coefficient (Wildman–Crippen LogP) is 0.737. The van der Waals surface area contributed by atoms with E-state index in [4.69, 9.17) is 27.7 Å². The van der Waals surface area contributed by atoms with E-state index in [0.29, 0.717) is 22.8 Å². The van der Waals surface area contributed by atoms with Gasteiger partial charge in [0.2, 0.25) is 0 Å². The van der Waals surface area contributed by atoms with Crippen LogP contribution in [0.25, 0.3) is 11.4 Å². The molecule has 0 radical (unpaired) electrons. The van der Waals surface area contributed by atoms with Crippen molar-refractivity contribution in [1.82, 2.24) is 15.9 Å². The molecule has 1 heterocycles. The van der Waals surface area contributed by atoms with Crippen LogP contribution in [-0.4, -0.2) is 37.4 Å². The summed E-state index contributed by atoms with van der Waals surface area (Å²) in [6.07, 6.45) is 2.77. The highest BCUT2D eigenvalue weighted by Gasteiger charge is 2.13. The Hall–Kier alpha value is -5.31. The number of hydrazine groups is 1. The van der Waals surface area contributed by atoms with Gasteiger partial charge in [0.05, 0.1) is 39.6 Å². The van der Waals surface area contributed by atoms with Crippen LogP contribution in [0.2, 0.25) is 0 Å². The molecule has 0 fully saturated rings. The molecule has 14 heteroatoms. The first-order valence-electron chi connectivity index (χ1n) is 10.4. The zero-order valence-electron chi connectivity index (χ0n) is 19.1. The van der Waals surface area contributed by atoms with E-state index in [1.54, 1.807) is 18.2 Å². The topological polar surface area (TPSA) is 245 Å². The smallest absolute Gasteiger partial charge is 0.278 e. The summed E-state index contributed by atoms with van der Waals surface area (Å²) in [5.74, 6) is 3.50. The normalized spacial score (nSPS) is 11.5. The highest BCUT2D eigenvalue weighted by Crippen LogP contribution is 2.25. The van der Waals surface area contributed by atoms with Crippen LogP contribution in [-0.2, 0) is 0 Å². The summed E-state index contributed by atoms with van der Waals surface area (Å²) in [6, 6.07) is 12.9. The molecular weight excluding hydrogens is 484 g/mol. The summed E-state index contributed by atoms with van der Waals surface area (Å²) in [6.45, 7) is 0. The van der Waals surface area contributed by atoms with Crippen LogP contribution in [0.5, 0.6) is 11.5 Å². The minimum atomic E-state index is -0.883. The van der Waals surface area contributed by atoms with Gasteiger partial charge in [-0.05, 0) is 36.4 Å². The Kier molecular flexibility index (Phi) is 8.11. The van der Waals surface area contributed by atoms with Crippen LogP contribution in [0.4, 0.5) is 11.4 Å². The zero-order chi connectivity index (χ0) is 27.1. The van der Waals surface area contributed by atoms with Gasteiger partial charge in [-0.15, -0.1) is 0 Å². The molecule has 2 aromatic carbocycles. The number of hydrogen-bond acceptors (Lipinski definition) is 12. The molecule has 0 saturated carbocycles. The standard InChI is InChI=1S/C23H24N8O6/c24-16(10-27-12-4-6-14(20(32)8-12)22(34)29-36)18-2-1-3-19(28-18)17(25)11-31(26)13-5-7-15(21(33)9-13)23(35)30-37/h1-11,27,32-33,36-37H,24-26H2,(H,29,34)(H,30,35)/b16-10-,17-11-. The Labute approximate surface area is 209 Å². The molecule has 1 aromatic heterocycles. The minimum Gasteiger partial charge on any atom is -0.507 e. The van der Waals surface area contributed by atoms with E-state index in [1.165, 1.54) is 59.8 Å². The molecule has 0 bridgehead atoms. The average Bonchev–Trinajstić information content (AvgIpc) is 2.90. The van der Waals surface area contributed by atoms with Crippen LogP contribution in [0.1, 0.15) is 32.1 Å². The third-order valence-electron chi connectivity index (χ3n) is 4.98. The van der Waals surface area contributed by atoms with Crippen molar-refractivity contribution in [3.63, 3.8) is 0 Å². The van der Waals surface area contributed by atoms with Gasteiger partial charge in [-0.2, -0.15) is 0 Å². The van der Waals surface area contributed by atoms with Crippen molar-refractivity contribution in [2.45, 2.75) is 0 Å². The number of aromatic hydroxyl groups is 2. The molecule has 0 unspecified atom stereocenters.